The summed E-state index contributed by atoms with van der Waals surface area (Å²) in [4.78, 5) is 24.3. The third-order valence-electron chi connectivity index (χ3n) is 3.16. The SMILES string of the molecule is CCCC1(N2CCC(=O)C2=O)CC1. The molecule has 0 spiro atoms. The van der Waals surface area contributed by atoms with Crippen LogP contribution in [0.5, 0.6) is 0 Å². The number of hydrogen-bond acceptors (Lipinski definition) is 2. The van der Waals surface area contributed by atoms with E-state index < -0.39 is 0 Å². The molecule has 1 saturated carbocycles. The van der Waals surface area contributed by atoms with Crippen molar-refractivity contribution in [3.05, 3.63) is 0 Å². The smallest absolute Gasteiger partial charge is 0.290 e. The maximum Gasteiger partial charge on any atom is 0.290 e. The van der Waals surface area contributed by atoms with E-state index in [2.05, 4.69) is 6.92 Å². The van der Waals surface area contributed by atoms with E-state index in [1.165, 1.54) is 0 Å². The van der Waals surface area contributed by atoms with Crippen LogP contribution in [0.1, 0.15) is 39.0 Å². The van der Waals surface area contributed by atoms with E-state index in [1.54, 1.807) is 0 Å². The van der Waals surface area contributed by atoms with Crippen LogP contribution in [0.15, 0.2) is 0 Å². The summed E-state index contributed by atoms with van der Waals surface area (Å²) in [5.41, 5.74) is 0.0952. The van der Waals surface area contributed by atoms with Crippen molar-refractivity contribution < 1.29 is 9.59 Å². The number of carbonyl (C=O) groups excluding carboxylic acids is 2. The Balaban J connectivity index is 2.09. The van der Waals surface area contributed by atoms with Crippen LogP contribution in [0.4, 0.5) is 0 Å². The average molecular weight is 181 g/mol. The largest absolute Gasteiger partial charge is 0.330 e. The summed E-state index contributed by atoms with van der Waals surface area (Å²) < 4.78 is 0. The first-order chi connectivity index (χ1) is 6.19. The summed E-state index contributed by atoms with van der Waals surface area (Å²) in [5, 5.41) is 0. The molecule has 72 valence electrons. The normalized spacial score (nSPS) is 25.5. The van der Waals surface area contributed by atoms with E-state index in [0.717, 1.165) is 25.7 Å². The van der Waals surface area contributed by atoms with Gasteiger partial charge in [0.25, 0.3) is 5.91 Å². The highest BCUT2D eigenvalue weighted by molar-refractivity contribution is 6.38. The fourth-order valence-corrected chi connectivity index (χ4v) is 2.29. The number of likely N-dealkylation sites (tertiary alicyclic amines) is 1. The Hall–Kier alpha value is -0.860. The van der Waals surface area contributed by atoms with Gasteiger partial charge in [0.05, 0.1) is 0 Å². The minimum Gasteiger partial charge on any atom is -0.330 e. The van der Waals surface area contributed by atoms with Crippen LogP contribution in [0, 0.1) is 0 Å². The Morgan fingerprint density at radius 3 is 2.46 bits per heavy atom. The lowest BCUT2D eigenvalue weighted by molar-refractivity contribution is -0.141. The van der Waals surface area contributed by atoms with Gasteiger partial charge in [-0.05, 0) is 19.3 Å². The van der Waals surface area contributed by atoms with E-state index in [0.29, 0.717) is 13.0 Å². The molecular formula is C10H15NO2. The zero-order valence-corrected chi connectivity index (χ0v) is 8.01. The van der Waals surface area contributed by atoms with Gasteiger partial charge in [-0.25, -0.2) is 0 Å². The molecule has 0 atom stereocenters. The molecule has 1 aliphatic carbocycles. The molecule has 0 bridgehead atoms. The Morgan fingerprint density at radius 2 is 2.08 bits per heavy atom. The third-order valence-corrected chi connectivity index (χ3v) is 3.16. The molecule has 2 aliphatic rings. The molecule has 0 unspecified atom stereocenters. The molecule has 13 heavy (non-hydrogen) atoms. The highest BCUT2D eigenvalue weighted by Crippen LogP contribution is 2.46. The Morgan fingerprint density at radius 1 is 1.38 bits per heavy atom. The van der Waals surface area contributed by atoms with Gasteiger partial charge < -0.3 is 4.90 Å². The fraction of sp³-hybridized carbons (Fsp3) is 0.800. The van der Waals surface area contributed by atoms with Gasteiger partial charge >= 0.3 is 0 Å². The van der Waals surface area contributed by atoms with Crippen molar-refractivity contribution in [1.29, 1.82) is 0 Å². The van der Waals surface area contributed by atoms with Crippen LogP contribution in [0.2, 0.25) is 0 Å². The second-order valence-corrected chi connectivity index (χ2v) is 4.10. The molecule has 1 heterocycles. The summed E-state index contributed by atoms with van der Waals surface area (Å²) >= 11 is 0. The minimum absolute atomic E-state index is 0.0952. The standard InChI is InChI=1S/C10H15NO2/c1-2-4-10(5-6-10)11-7-3-8(12)9(11)13/h2-7H2,1H3. The Kier molecular flexibility index (Phi) is 1.90. The van der Waals surface area contributed by atoms with Gasteiger partial charge in [-0.3, -0.25) is 9.59 Å². The average Bonchev–Trinajstić information content (AvgIpc) is 2.79. The van der Waals surface area contributed by atoms with E-state index in [1.807, 2.05) is 4.90 Å². The van der Waals surface area contributed by atoms with Gasteiger partial charge in [-0.2, -0.15) is 0 Å². The first-order valence-electron chi connectivity index (χ1n) is 5.04. The molecule has 0 aromatic rings. The van der Waals surface area contributed by atoms with Crippen LogP contribution < -0.4 is 0 Å². The lowest BCUT2D eigenvalue weighted by atomic mass is 10.1. The van der Waals surface area contributed by atoms with Gasteiger partial charge in [0.15, 0.2) is 0 Å². The molecule has 3 nitrogen and oxygen atoms in total. The lowest BCUT2D eigenvalue weighted by Crippen LogP contribution is -2.39. The fourth-order valence-electron chi connectivity index (χ4n) is 2.29. The first-order valence-corrected chi connectivity index (χ1v) is 5.04. The molecular weight excluding hydrogens is 166 g/mol. The second kappa shape index (κ2) is 2.82. The molecule has 0 aromatic carbocycles. The maximum atomic E-state index is 11.4. The topological polar surface area (TPSA) is 37.4 Å². The predicted molar refractivity (Wildman–Crippen MR) is 48.2 cm³/mol. The van der Waals surface area contributed by atoms with Crippen molar-refractivity contribution >= 4 is 11.7 Å². The van der Waals surface area contributed by atoms with Crippen molar-refractivity contribution in [2.45, 2.75) is 44.6 Å². The molecule has 2 rings (SSSR count). The summed E-state index contributed by atoms with van der Waals surface area (Å²) in [7, 11) is 0. The summed E-state index contributed by atoms with van der Waals surface area (Å²) in [6.07, 6.45) is 4.79. The molecule has 3 heteroatoms. The van der Waals surface area contributed by atoms with Crippen molar-refractivity contribution in [2.75, 3.05) is 6.54 Å². The van der Waals surface area contributed by atoms with Crippen molar-refractivity contribution in [3.8, 4) is 0 Å². The highest BCUT2D eigenvalue weighted by Gasteiger charge is 2.52. The van der Waals surface area contributed by atoms with Gasteiger partial charge in [0.1, 0.15) is 0 Å². The molecule has 0 aromatic heterocycles. The summed E-state index contributed by atoms with van der Waals surface area (Å²) in [6, 6.07) is 0. The number of rotatable bonds is 3. The monoisotopic (exact) mass is 181 g/mol. The van der Waals surface area contributed by atoms with Crippen LogP contribution in [-0.2, 0) is 9.59 Å². The van der Waals surface area contributed by atoms with Gasteiger partial charge in [0.2, 0.25) is 5.78 Å². The zero-order valence-electron chi connectivity index (χ0n) is 8.01. The quantitative estimate of drug-likeness (QED) is 0.612. The summed E-state index contributed by atoms with van der Waals surface area (Å²) in [6.45, 7) is 2.79. The first kappa shape index (κ1) is 8.73. The number of ketones is 1. The molecule has 1 amide bonds. The molecule has 1 aliphatic heterocycles. The van der Waals surface area contributed by atoms with Gasteiger partial charge in [-0.1, -0.05) is 13.3 Å². The van der Waals surface area contributed by atoms with Crippen LogP contribution in [0.25, 0.3) is 0 Å². The minimum atomic E-state index is -0.231. The molecule has 0 N–H and O–H groups in total. The predicted octanol–water partition coefficient (Wildman–Crippen LogP) is 1.12. The van der Waals surface area contributed by atoms with Crippen LogP contribution in [0.3, 0.4) is 0 Å². The maximum absolute atomic E-state index is 11.4. The lowest BCUT2D eigenvalue weighted by Gasteiger charge is -2.26. The zero-order chi connectivity index (χ0) is 9.47. The van der Waals surface area contributed by atoms with Crippen molar-refractivity contribution in [2.24, 2.45) is 0 Å². The van der Waals surface area contributed by atoms with E-state index in [9.17, 15) is 9.59 Å². The molecule has 1 saturated heterocycles. The van der Waals surface area contributed by atoms with E-state index in [4.69, 9.17) is 0 Å². The summed E-state index contributed by atoms with van der Waals surface area (Å²) in [5.74, 6) is -0.423. The van der Waals surface area contributed by atoms with Crippen molar-refractivity contribution in [3.63, 3.8) is 0 Å². The second-order valence-electron chi connectivity index (χ2n) is 4.10. The van der Waals surface area contributed by atoms with Crippen LogP contribution in [-0.4, -0.2) is 28.7 Å². The third kappa shape index (κ3) is 1.26. The number of nitrogens with zero attached hydrogens (tertiary/aromatic N) is 1. The number of amides is 1. The van der Waals surface area contributed by atoms with E-state index >= 15 is 0 Å². The van der Waals surface area contributed by atoms with Crippen molar-refractivity contribution in [1.82, 2.24) is 4.90 Å². The number of carbonyl (C=O) groups is 2. The number of Topliss-reactive ketones (excluding diaryl/α,β-unsaturated/α-hetero) is 1. The molecule has 0 radical (unpaired) electrons. The van der Waals surface area contributed by atoms with E-state index in [-0.39, 0.29) is 17.2 Å². The highest BCUT2D eigenvalue weighted by atomic mass is 16.2. The Bertz CT molecular complexity index is 256. The Labute approximate surface area is 78.1 Å². The van der Waals surface area contributed by atoms with Crippen LogP contribution >= 0.6 is 0 Å². The van der Waals surface area contributed by atoms with Gasteiger partial charge in [0, 0.05) is 18.5 Å². The number of hydrogen-bond donors (Lipinski definition) is 0. The molecule has 2 fully saturated rings. The van der Waals surface area contributed by atoms with Gasteiger partial charge in [-0.15, -0.1) is 0 Å².